The Kier molecular flexibility index (Phi) is 19.5. The maximum Gasteiger partial charge on any atom is 0.154 e. The highest BCUT2D eigenvalue weighted by Crippen LogP contribution is 2.10. The third-order valence-corrected chi connectivity index (χ3v) is 6.87. The average Bonchev–Trinajstić information content (AvgIpc) is 2.98. The molecule has 2 aromatic carbocycles. The molecule has 0 aliphatic carbocycles. The monoisotopic (exact) mass is 499 g/mol. The summed E-state index contributed by atoms with van der Waals surface area (Å²) in [5.74, 6) is 0. The standard InChI is InChI=1S/2C9H13S.3CH4.B11.6H2/c2*1-8-5-4-6-9(7-8)10(2)3;;;;1-7-10(6)11(8(2)3)9(4)5;;;;;;/h2*4-7H,1-3H3;3*1H4;;6*1H/q2*+1;;;;;;;;;;/i;;;;;;5*1+1D;1+1. The van der Waals surface area contributed by atoms with Gasteiger partial charge in [0.05, 0.1) is 0 Å². The summed E-state index contributed by atoms with van der Waals surface area (Å²) >= 11 is 0. The summed E-state index contributed by atoms with van der Waals surface area (Å²) in [6.45, 7) is 4.27. The van der Waals surface area contributed by atoms with Crippen molar-refractivity contribution in [3.8, 4) is 0 Å². The van der Waals surface area contributed by atoms with Gasteiger partial charge in [0.1, 0.15) is 25.0 Å². The zero-order chi connectivity index (χ0) is 34.1. The summed E-state index contributed by atoms with van der Waals surface area (Å²) in [5, 5.41) is 0. The lowest BCUT2D eigenvalue weighted by Crippen LogP contribution is -2.63. The van der Waals surface area contributed by atoms with Crippen molar-refractivity contribution < 1.29 is 16.3 Å². The third kappa shape index (κ3) is 17.3. The van der Waals surface area contributed by atoms with Crippen LogP contribution in [0.3, 0.4) is 0 Å². The quantitative estimate of drug-likeness (QED) is 0.423. The topological polar surface area (TPSA) is 0 Å². The Morgan fingerprint density at radius 2 is 1.03 bits per heavy atom. The summed E-state index contributed by atoms with van der Waals surface area (Å²) in [5.41, 5.74) is 2.72. The van der Waals surface area contributed by atoms with Crippen LogP contribution in [0.4, 0.5) is 0 Å². The van der Waals surface area contributed by atoms with Crippen molar-refractivity contribution in [2.75, 3.05) is 25.0 Å². The van der Waals surface area contributed by atoms with E-state index in [1.165, 1.54) is 28.0 Å². The van der Waals surface area contributed by atoms with Gasteiger partial charge in [-0.05, 0) is 49.2 Å². The second-order valence-corrected chi connectivity index (χ2v) is 12.0. The van der Waals surface area contributed by atoms with E-state index in [9.17, 15) is 0 Å². The van der Waals surface area contributed by atoms with Crippen molar-refractivity contribution in [2.24, 2.45) is 0 Å². The molecule has 2 rings (SSSR count). The minimum absolute atomic E-state index is 0. The molecule has 0 amide bonds. The summed E-state index contributed by atoms with van der Waals surface area (Å²) in [4.78, 5) is 2.92. The van der Waals surface area contributed by atoms with Gasteiger partial charge >= 0.3 is 0 Å². The lowest BCUT2D eigenvalue weighted by atomic mass is 8.56. The summed E-state index contributed by atoms with van der Waals surface area (Å²) in [7, 11) is 34.3. The molecular formula is C21H50B11S2+2. The molecule has 0 nitrogen and oxygen atoms in total. The smallest absolute Gasteiger partial charge is 0.0776 e. The molecule has 0 saturated heterocycles. The number of benzene rings is 2. The van der Waals surface area contributed by atoms with E-state index >= 15 is 0 Å². The maximum absolute atomic E-state index is 5.52. The SMILES string of the molecule is C.C.C.Cc1cccc([S+](C)C)c1.Cc1cccc([S+](C)C)c1.[2HH].[2H][2H].[2H][2H].[2H][2H].[2H][2H].[2H][2H].[B][B]B([B])B(B([B])[B])B([B])[B]. The molecule has 0 bridgehead atoms. The molecule has 0 heterocycles. The zero-order valence-corrected chi connectivity index (χ0v) is 21.4. The van der Waals surface area contributed by atoms with Crippen LogP contribution in [-0.4, -0.2) is 104 Å². The van der Waals surface area contributed by atoms with Gasteiger partial charge in [-0.3, -0.25) is 0 Å². The molecular weight excluding hydrogens is 435 g/mol. The minimum atomic E-state index is -0.648. The molecule has 0 spiro atoms. The van der Waals surface area contributed by atoms with Gasteiger partial charge in [-0.25, -0.2) is 0 Å². The third-order valence-electron chi connectivity index (χ3n) is 4.48. The Morgan fingerprint density at radius 1 is 0.706 bits per heavy atom. The van der Waals surface area contributed by atoms with Crippen molar-refractivity contribution in [1.82, 2.24) is 0 Å². The molecule has 177 valence electrons. The highest BCUT2D eigenvalue weighted by atomic mass is 32.2. The zero-order valence-electron chi connectivity index (χ0n) is 29.8. The fraction of sp³-hybridized carbons (Fsp3) is 0.429. The molecule has 0 atom stereocenters. The molecule has 0 unspecified atom stereocenters. The number of aryl methyl sites for hydroxylation is 2. The van der Waals surface area contributed by atoms with Crippen molar-refractivity contribution in [1.29, 1.82) is 0 Å². The molecule has 0 aromatic heterocycles. The Labute approximate surface area is 247 Å². The molecule has 2 aromatic rings. The Balaban J connectivity index is -0.0000000430. The van der Waals surface area contributed by atoms with Crippen molar-refractivity contribution >= 4 is 101 Å². The normalized spacial score (nSPS) is 10.0. The average molecular weight is 497 g/mol. The number of hydrogen-bond donors (Lipinski definition) is 0. The first-order valence-electron chi connectivity index (χ1n) is 15.0. The van der Waals surface area contributed by atoms with Gasteiger partial charge in [-0.1, -0.05) is 46.5 Å². The van der Waals surface area contributed by atoms with Gasteiger partial charge in [0, 0.05) is 117 Å². The van der Waals surface area contributed by atoms with Gasteiger partial charge < -0.3 is 0 Å². The minimum Gasteiger partial charge on any atom is -0.0776 e. The summed E-state index contributed by atoms with van der Waals surface area (Å²) in [6, 6.07) is 17.4. The molecule has 13 heteroatoms. The molecule has 0 N–H and O–H groups in total. The molecule has 34 heavy (non-hydrogen) atoms. The van der Waals surface area contributed by atoms with Crippen LogP contribution in [0.15, 0.2) is 58.3 Å². The van der Waals surface area contributed by atoms with Crippen LogP contribution in [0.2, 0.25) is 0 Å². The Hall–Kier alpha value is -0.146. The first kappa shape index (κ1) is 30.1. The first-order valence-corrected chi connectivity index (χ1v) is 14.1. The summed E-state index contributed by atoms with van der Waals surface area (Å²) < 4.78 is 50.0. The molecule has 13 radical (unpaired) electrons. The predicted octanol–water partition coefficient (Wildman–Crippen LogP) is 3.66. The van der Waals surface area contributed by atoms with Gasteiger partial charge in [-0.15, -0.1) is 0 Å². The van der Waals surface area contributed by atoms with E-state index in [0.717, 1.165) is 0 Å². The molecule has 0 fully saturated rings. The molecule has 0 aliphatic rings. The largest absolute Gasteiger partial charge is 0.154 e. The van der Waals surface area contributed by atoms with Crippen molar-refractivity contribution in [3.63, 3.8) is 0 Å². The lowest BCUT2D eigenvalue weighted by Gasteiger charge is -2.25. The van der Waals surface area contributed by atoms with Crippen LogP contribution in [0.25, 0.3) is 0 Å². The summed E-state index contributed by atoms with van der Waals surface area (Å²) in [6.07, 6.45) is 6.83. The van der Waals surface area contributed by atoms with Crippen molar-refractivity contribution in [2.45, 2.75) is 45.9 Å². The van der Waals surface area contributed by atoms with E-state index in [0.29, 0.717) is 21.8 Å². The maximum atomic E-state index is 5.52. The molecule has 0 aliphatic heterocycles. The lowest BCUT2D eigenvalue weighted by molar-refractivity contribution is 1.36. The van der Waals surface area contributed by atoms with E-state index in [-0.39, 0.29) is 30.1 Å². The van der Waals surface area contributed by atoms with Crippen LogP contribution in [0.5, 0.6) is 0 Å². The van der Waals surface area contributed by atoms with Crippen LogP contribution < -0.4 is 0 Å². The van der Waals surface area contributed by atoms with Crippen LogP contribution in [0.1, 0.15) is 49.7 Å². The second-order valence-electron chi connectivity index (χ2n) is 7.77. The fourth-order valence-corrected chi connectivity index (χ4v) is 4.18. The highest BCUT2D eigenvalue weighted by molar-refractivity contribution is 8.02. The van der Waals surface area contributed by atoms with Crippen molar-refractivity contribution in [3.05, 3.63) is 59.7 Å². The molecule has 0 saturated carbocycles. The fourth-order valence-electron chi connectivity index (χ4n) is 2.64. The highest BCUT2D eigenvalue weighted by Gasteiger charge is 2.26. The van der Waals surface area contributed by atoms with Crippen LogP contribution in [-0.2, 0) is 21.8 Å². The van der Waals surface area contributed by atoms with Gasteiger partial charge in [0.25, 0.3) is 0 Å². The Bertz CT molecular complexity index is 725. The Morgan fingerprint density at radius 3 is 1.18 bits per heavy atom. The predicted molar refractivity (Wildman–Crippen MR) is 193 cm³/mol. The van der Waals surface area contributed by atoms with Gasteiger partial charge in [0.2, 0.25) is 0 Å². The van der Waals surface area contributed by atoms with E-state index in [1.54, 1.807) is 0 Å². The number of hydrogen-bond acceptors (Lipinski definition) is 0. The van der Waals surface area contributed by atoms with Gasteiger partial charge in [-0.2, -0.15) is 0 Å². The van der Waals surface area contributed by atoms with E-state index in [2.05, 4.69) is 87.4 Å². The van der Waals surface area contributed by atoms with Gasteiger partial charge in [0.15, 0.2) is 9.79 Å². The second kappa shape index (κ2) is 22.1. The van der Waals surface area contributed by atoms with E-state index < -0.39 is 19.2 Å². The van der Waals surface area contributed by atoms with E-state index in [1.807, 2.05) is 0 Å². The van der Waals surface area contributed by atoms with E-state index in [4.69, 9.17) is 61.3 Å². The van der Waals surface area contributed by atoms with Crippen LogP contribution >= 0.6 is 0 Å². The van der Waals surface area contributed by atoms with Crippen LogP contribution in [0, 0.1) is 13.8 Å². The first-order chi connectivity index (χ1) is 19.4. The number of rotatable bonds is 6.